The van der Waals surface area contributed by atoms with Crippen LogP contribution in [0.4, 0.5) is 11.6 Å². The van der Waals surface area contributed by atoms with Gasteiger partial charge in [0.2, 0.25) is 0 Å². The number of rotatable bonds is 5. The molecule has 0 saturated heterocycles. The number of ether oxygens (including phenoxy) is 2. The minimum Gasteiger partial charge on any atom is -0.493 e. The molecule has 142 valence electrons. The second-order valence-corrected chi connectivity index (χ2v) is 6.27. The molecule has 0 aliphatic carbocycles. The maximum atomic E-state index is 5.45. The molecule has 0 bridgehead atoms. The molecule has 1 N–H and O–H groups in total. The van der Waals surface area contributed by atoms with E-state index in [4.69, 9.17) is 19.6 Å². The highest BCUT2D eigenvalue weighted by Crippen LogP contribution is 2.36. The first-order valence-electron chi connectivity index (χ1n) is 8.73. The third-order valence-electron chi connectivity index (χ3n) is 4.40. The van der Waals surface area contributed by atoms with Crippen molar-refractivity contribution in [3.63, 3.8) is 0 Å². The van der Waals surface area contributed by atoms with E-state index >= 15 is 0 Å². The summed E-state index contributed by atoms with van der Waals surface area (Å²) in [6.45, 7) is 3.91. The molecule has 8 heteroatoms. The number of benzene rings is 1. The van der Waals surface area contributed by atoms with Crippen molar-refractivity contribution in [3.05, 3.63) is 54.2 Å². The van der Waals surface area contributed by atoms with E-state index < -0.39 is 0 Å². The van der Waals surface area contributed by atoms with Crippen molar-refractivity contribution in [1.29, 1.82) is 0 Å². The summed E-state index contributed by atoms with van der Waals surface area (Å²) >= 11 is 0. The van der Waals surface area contributed by atoms with E-state index in [9.17, 15) is 0 Å². The summed E-state index contributed by atoms with van der Waals surface area (Å²) in [5.41, 5.74) is 4.37. The van der Waals surface area contributed by atoms with Crippen molar-refractivity contribution < 1.29 is 9.47 Å². The van der Waals surface area contributed by atoms with Gasteiger partial charge in [-0.1, -0.05) is 6.07 Å². The third-order valence-corrected chi connectivity index (χ3v) is 4.40. The van der Waals surface area contributed by atoms with Crippen LogP contribution in [0.3, 0.4) is 0 Å². The lowest BCUT2D eigenvalue weighted by atomic mass is 10.1. The van der Waals surface area contributed by atoms with E-state index in [0.29, 0.717) is 17.3 Å². The van der Waals surface area contributed by atoms with Gasteiger partial charge in [0.25, 0.3) is 0 Å². The lowest BCUT2D eigenvalue weighted by molar-refractivity contribution is 0.355. The number of methoxy groups -OCH3 is 2. The van der Waals surface area contributed by atoms with E-state index in [2.05, 4.69) is 15.3 Å². The Hall–Kier alpha value is -3.68. The Morgan fingerprint density at radius 2 is 1.82 bits per heavy atom. The van der Waals surface area contributed by atoms with Crippen LogP contribution in [0.1, 0.15) is 11.4 Å². The predicted octanol–water partition coefficient (Wildman–Crippen LogP) is 3.56. The van der Waals surface area contributed by atoms with Crippen LogP contribution in [0.2, 0.25) is 0 Å². The SMILES string of the molecule is COc1ccc(-c2c(C)nn3c(Nc4ccncn4)cc(C)nc23)cc1OC. The number of aryl methyl sites for hydroxylation is 2. The van der Waals surface area contributed by atoms with E-state index in [1.165, 1.54) is 6.33 Å². The molecule has 4 aromatic rings. The monoisotopic (exact) mass is 376 g/mol. The summed E-state index contributed by atoms with van der Waals surface area (Å²) in [4.78, 5) is 12.9. The first kappa shape index (κ1) is 17.7. The van der Waals surface area contributed by atoms with E-state index in [1.807, 2.05) is 38.1 Å². The highest BCUT2D eigenvalue weighted by Gasteiger charge is 2.18. The summed E-state index contributed by atoms with van der Waals surface area (Å²) < 4.78 is 12.6. The molecule has 28 heavy (non-hydrogen) atoms. The average Bonchev–Trinajstić information content (AvgIpc) is 3.04. The van der Waals surface area contributed by atoms with Crippen molar-refractivity contribution in [2.45, 2.75) is 13.8 Å². The van der Waals surface area contributed by atoms with Gasteiger partial charge >= 0.3 is 0 Å². The highest BCUT2D eigenvalue weighted by atomic mass is 16.5. The molecule has 0 amide bonds. The fourth-order valence-electron chi connectivity index (χ4n) is 3.16. The Morgan fingerprint density at radius 3 is 2.54 bits per heavy atom. The first-order valence-corrected chi connectivity index (χ1v) is 8.73. The van der Waals surface area contributed by atoms with Crippen LogP contribution in [0.25, 0.3) is 16.8 Å². The van der Waals surface area contributed by atoms with E-state index in [-0.39, 0.29) is 0 Å². The second-order valence-electron chi connectivity index (χ2n) is 6.27. The minimum absolute atomic E-state index is 0.658. The summed E-state index contributed by atoms with van der Waals surface area (Å²) in [5, 5.41) is 7.99. The maximum absolute atomic E-state index is 5.45. The zero-order valence-corrected chi connectivity index (χ0v) is 16.1. The smallest absolute Gasteiger partial charge is 0.165 e. The zero-order chi connectivity index (χ0) is 19.7. The third kappa shape index (κ3) is 3.09. The van der Waals surface area contributed by atoms with Crippen molar-refractivity contribution in [1.82, 2.24) is 24.6 Å². The van der Waals surface area contributed by atoms with Crippen LogP contribution in [-0.4, -0.2) is 38.8 Å². The quantitative estimate of drug-likeness (QED) is 0.570. The number of aromatic nitrogens is 5. The summed E-state index contributed by atoms with van der Waals surface area (Å²) in [7, 11) is 3.24. The van der Waals surface area contributed by atoms with Gasteiger partial charge in [-0.15, -0.1) is 0 Å². The number of anilines is 2. The van der Waals surface area contributed by atoms with Gasteiger partial charge in [-0.25, -0.2) is 15.0 Å². The predicted molar refractivity (Wildman–Crippen MR) is 106 cm³/mol. The Balaban J connectivity index is 1.88. The molecule has 0 atom stereocenters. The van der Waals surface area contributed by atoms with Gasteiger partial charge in [-0.2, -0.15) is 9.61 Å². The van der Waals surface area contributed by atoms with Crippen LogP contribution in [-0.2, 0) is 0 Å². The molecular weight excluding hydrogens is 356 g/mol. The summed E-state index contributed by atoms with van der Waals surface area (Å²) in [5.74, 6) is 2.79. The van der Waals surface area contributed by atoms with E-state index in [1.54, 1.807) is 31.0 Å². The molecule has 3 aromatic heterocycles. The van der Waals surface area contributed by atoms with Gasteiger partial charge in [0.05, 0.1) is 19.9 Å². The minimum atomic E-state index is 0.658. The molecule has 0 aliphatic heterocycles. The Kier molecular flexibility index (Phi) is 4.52. The Bertz CT molecular complexity index is 1140. The largest absolute Gasteiger partial charge is 0.493 e. The topological polar surface area (TPSA) is 86.5 Å². The van der Waals surface area contributed by atoms with Crippen LogP contribution in [0.15, 0.2) is 42.9 Å². The normalized spacial score (nSPS) is 10.9. The average molecular weight is 376 g/mol. The molecule has 0 spiro atoms. The molecule has 0 saturated carbocycles. The lowest BCUT2D eigenvalue weighted by Gasteiger charge is -2.10. The molecule has 0 fully saturated rings. The molecular formula is C20H20N6O2. The molecule has 8 nitrogen and oxygen atoms in total. The van der Waals surface area contributed by atoms with Gasteiger partial charge in [-0.05, 0) is 37.6 Å². The van der Waals surface area contributed by atoms with Crippen LogP contribution >= 0.6 is 0 Å². The van der Waals surface area contributed by atoms with Gasteiger partial charge in [0.1, 0.15) is 18.0 Å². The Morgan fingerprint density at radius 1 is 1.00 bits per heavy atom. The number of nitrogens with one attached hydrogen (secondary N) is 1. The molecule has 0 aliphatic rings. The molecule has 0 radical (unpaired) electrons. The summed E-state index contributed by atoms with van der Waals surface area (Å²) in [6.07, 6.45) is 3.18. The lowest BCUT2D eigenvalue weighted by Crippen LogP contribution is -2.03. The second kappa shape index (κ2) is 7.15. The zero-order valence-electron chi connectivity index (χ0n) is 16.1. The maximum Gasteiger partial charge on any atom is 0.165 e. The number of fused-ring (bicyclic) bond motifs is 1. The fraction of sp³-hybridized carbons (Fsp3) is 0.200. The van der Waals surface area contributed by atoms with Crippen molar-refractivity contribution in [3.8, 4) is 22.6 Å². The standard InChI is InChI=1S/C20H20N6O2/c1-12-9-18(24-17-7-8-21-11-22-17)26-20(23-12)19(13(2)25-26)14-5-6-15(27-3)16(10-14)28-4/h5-11H,1-4H3,(H,21,22,24). The van der Waals surface area contributed by atoms with Crippen LogP contribution < -0.4 is 14.8 Å². The van der Waals surface area contributed by atoms with E-state index in [0.717, 1.165) is 34.0 Å². The molecule has 0 unspecified atom stereocenters. The number of hydrogen-bond acceptors (Lipinski definition) is 7. The molecule has 1 aromatic carbocycles. The van der Waals surface area contributed by atoms with Gasteiger partial charge < -0.3 is 14.8 Å². The van der Waals surface area contributed by atoms with Gasteiger partial charge in [0, 0.05) is 23.5 Å². The molecule has 4 rings (SSSR count). The van der Waals surface area contributed by atoms with Crippen LogP contribution in [0, 0.1) is 13.8 Å². The fourth-order valence-corrected chi connectivity index (χ4v) is 3.16. The van der Waals surface area contributed by atoms with Crippen molar-refractivity contribution in [2.75, 3.05) is 19.5 Å². The number of hydrogen-bond donors (Lipinski definition) is 1. The number of nitrogens with zero attached hydrogens (tertiary/aromatic N) is 5. The van der Waals surface area contributed by atoms with Crippen molar-refractivity contribution in [2.24, 2.45) is 0 Å². The molecule has 3 heterocycles. The first-order chi connectivity index (χ1) is 13.6. The highest BCUT2D eigenvalue weighted by molar-refractivity contribution is 5.82. The van der Waals surface area contributed by atoms with Gasteiger partial charge in [-0.3, -0.25) is 0 Å². The van der Waals surface area contributed by atoms with Crippen LogP contribution in [0.5, 0.6) is 11.5 Å². The summed E-state index contributed by atoms with van der Waals surface area (Å²) in [6, 6.07) is 9.53. The Labute approximate surface area is 162 Å². The van der Waals surface area contributed by atoms with Gasteiger partial charge in [0.15, 0.2) is 17.1 Å². The van der Waals surface area contributed by atoms with Crippen molar-refractivity contribution >= 4 is 17.3 Å².